The molecule has 2 aliphatic carbocycles. The Hall–Kier alpha value is -0.530. The van der Waals surface area contributed by atoms with E-state index >= 15 is 0 Å². The van der Waals surface area contributed by atoms with Gasteiger partial charge in [0.15, 0.2) is 0 Å². The van der Waals surface area contributed by atoms with Crippen molar-refractivity contribution in [1.82, 2.24) is 0 Å². The number of methoxy groups -OCH3 is 1. The minimum absolute atomic E-state index is 0.375. The molecule has 14 heavy (non-hydrogen) atoms. The summed E-state index contributed by atoms with van der Waals surface area (Å²) in [5, 5.41) is 0. The summed E-state index contributed by atoms with van der Waals surface area (Å²) >= 11 is 0. The summed E-state index contributed by atoms with van der Waals surface area (Å²) in [7, 11) is 1.31. The van der Waals surface area contributed by atoms with E-state index in [1.165, 1.54) is 32.8 Å². The van der Waals surface area contributed by atoms with Crippen LogP contribution in [0.5, 0.6) is 0 Å². The molecule has 0 atom stereocenters. The Morgan fingerprint density at radius 3 is 1.71 bits per heavy atom. The van der Waals surface area contributed by atoms with Gasteiger partial charge in [-0.3, -0.25) is 4.79 Å². The van der Waals surface area contributed by atoms with E-state index < -0.39 is 0 Å². The number of ether oxygens (including phenoxy) is 1. The third-order valence-electron chi connectivity index (χ3n) is 4.76. The SMILES string of the molecule is CC12CCC(CC1)C2(C)C.COC=O. The fourth-order valence-electron chi connectivity index (χ4n) is 3.11. The number of carbonyl (C=O) groups is 1. The van der Waals surface area contributed by atoms with Gasteiger partial charge in [-0.25, -0.2) is 0 Å². The molecule has 2 rings (SSSR count). The van der Waals surface area contributed by atoms with E-state index in [4.69, 9.17) is 4.79 Å². The van der Waals surface area contributed by atoms with Crippen molar-refractivity contribution in [1.29, 1.82) is 0 Å². The molecule has 0 heterocycles. The number of hydrogen-bond donors (Lipinski definition) is 0. The molecule has 0 amide bonds. The number of hydrogen-bond acceptors (Lipinski definition) is 2. The van der Waals surface area contributed by atoms with E-state index in [1.54, 1.807) is 0 Å². The molecule has 0 saturated heterocycles. The molecule has 2 fully saturated rings. The van der Waals surface area contributed by atoms with Gasteiger partial charge in [-0.15, -0.1) is 0 Å². The minimum atomic E-state index is 0.375. The Morgan fingerprint density at radius 2 is 1.64 bits per heavy atom. The highest BCUT2D eigenvalue weighted by Gasteiger charge is 2.55. The van der Waals surface area contributed by atoms with Gasteiger partial charge in [0, 0.05) is 0 Å². The lowest BCUT2D eigenvalue weighted by Gasteiger charge is -2.34. The highest BCUT2D eigenvalue weighted by Crippen LogP contribution is 2.65. The lowest BCUT2D eigenvalue weighted by Crippen LogP contribution is -2.26. The summed E-state index contributed by atoms with van der Waals surface area (Å²) in [6.07, 6.45) is 5.99. The second kappa shape index (κ2) is 3.92. The lowest BCUT2D eigenvalue weighted by molar-refractivity contribution is -0.126. The summed E-state index contributed by atoms with van der Waals surface area (Å²) in [6.45, 7) is 7.80. The van der Waals surface area contributed by atoms with Gasteiger partial charge in [0.05, 0.1) is 7.11 Å². The second-order valence-corrected chi connectivity index (χ2v) is 5.39. The van der Waals surface area contributed by atoms with Crippen molar-refractivity contribution in [2.75, 3.05) is 7.11 Å². The number of fused-ring (bicyclic) bond motifs is 2. The molecule has 0 aromatic rings. The highest BCUT2D eigenvalue weighted by molar-refractivity contribution is 5.36. The molecule has 0 aliphatic heterocycles. The first-order chi connectivity index (χ1) is 6.48. The Morgan fingerprint density at radius 1 is 1.21 bits per heavy atom. The van der Waals surface area contributed by atoms with Gasteiger partial charge < -0.3 is 4.74 Å². The third-order valence-corrected chi connectivity index (χ3v) is 4.76. The largest absolute Gasteiger partial charge is 0.471 e. The summed E-state index contributed by atoms with van der Waals surface area (Å²) in [6, 6.07) is 0. The van der Waals surface area contributed by atoms with Crippen LogP contribution in [0.3, 0.4) is 0 Å². The topological polar surface area (TPSA) is 26.3 Å². The van der Waals surface area contributed by atoms with Crippen molar-refractivity contribution in [3.8, 4) is 0 Å². The molecule has 0 spiro atoms. The van der Waals surface area contributed by atoms with Crippen LogP contribution in [-0.4, -0.2) is 13.6 Å². The molecule has 0 radical (unpaired) electrons. The van der Waals surface area contributed by atoms with Crippen LogP contribution in [0.25, 0.3) is 0 Å². The molecule has 2 nitrogen and oxygen atoms in total. The van der Waals surface area contributed by atoms with Crippen molar-refractivity contribution >= 4 is 6.47 Å². The van der Waals surface area contributed by atoms with E-state index in [-0.39, 0.29) is 0 Å². The van der Waals surface area contributed by atoms with Gasteiger partial charge in [0.2, 0.25) is 0 Å². The summed E-state index contributed by atoms with van der Waals surface area (Å²) in [4.78, 5) is 8.95. The van der Waals surface area contributed by atoms with Crippen molar-refractivity contribution in [2.24, 2.45) is 16.7 Å². The van der Waals surface area contributed by atoms with Gasteiger partial charge in [0.25, 0.3) is 6.47 Å². The maximum atomic E-state index is 8.95. The first kappa shape index (κ1) is 11.5. The molecule has 2 bridgehead atoms. The molecule has 0 aromatic carbocycles. The van der Waals surface area contributed by atoms with E-state index in [2.05, 4.69) is 25.5 Å². The molecular formula is C12H22O2. The Bertz CT molecular complexity index is 198. The monoisotopic (exact) mass is 198 g/mol. The average molecular weight is 198 g/mol. The van der Waals surface area contributed by atoms with E-state index in [1.807, 2.05) is 0 Å². The molecule has 2 saturated carbocycles. The smallest absolute Gasteiger partial charge is 0.292 e. The van der Waals surface area contributed by atoms with Crippen LogP contribution in [0.15, 0.2) is 0 Å². The molecule has 0 N–H and O–H groups in total. The van der Waals surface area contributed by atoms with Gasteiger partial charge in [-0.05, 0) is 42.4 Å². The quantitative estimate of drug-likeness (QED) is 0.605. The van der Waals surface area contributed by atoms with Crippen molar-refractivity contribution < 1.29 is 9.53 Å². The maximum absolute atomic E-state index is 8.95. The summed E-state index contributed by atoms with van der Waals surface area (Å²) in [5.74, 6) is 1.05. The fraction of sp³-hybridized carbons (Fsp3) is 0.917. The minimum Gasteiger partial charge on any atom is -0.471 e. The van der Waals surface area contributed by atoms with Crippen molar-refractivity contribution in [2.45, 2.75) is 46.5 Å². The Labute approximate surface area is 87.0 Å². The van der Waals surface area contributed by atoms with Gasteiger partial charge >= 0.3 is 0 Å². The predicted molar refractivity (Wildman–Crippen MR) is 56.9 cm³/mol. The zero-order valence-corrected chi connectivity index (χ0v) is 9.80. The second-order valence-electron chi connectivity index (χ2n) is 5.39. The van der Waals surface area contributed by atoms with Crippen molar-refractivity contribution in [3.05, 3.63) is 0 Å². The van der Waals surface area contributed by atoms with Crippen LogP contribution in [0.1, 0.15) is 46.5 Å². The predicted octanol–water partition coefficient (Wildman–Crippen LogP) is 3.01. The van der Waals surface area contributed by atoms with Crippen LogP contribution in [0.4, 0.5) is 0 Å². The van der Waals surface area contributed by atoms with E-state index in [0.29, 0.717) is 17.3 Å². The lowest BCUT2D eigenvalue weighted by atomic mass is 9.71. The van der Waals surface area contributed by atoms with Crippen LogP contribution >= 0.6 is 0 Å². The Balaban J connectivity index is 0.000000213. The Kier molecular flexibility index (Phi) is 3.23. The van der Waals surface area contributed by atoms with Gasteiger partial charge in [-0.2, -0.15) is 0 Å². The van der Waals surface area contributed by atoms with Crippen LogP contribution in [0, 0.1) is 16.7 Å². The molecule has 82 valence electrons. The standard InChI is InChI=1S/C10H18.C2H4O2/c1-9(2)8-4-6-10(9,3)7-5-8;1-4-2-3/h8H,4-7H2,1-3H3;2H,1H3. The normalized spacial score (nSPS) is 37.3. The first-order valence-electron chi connectivity index (χ1n) is 5.44. The van der Waals surface area contributed by atoms with Crippen LogP contribution < -0.4 is 0 Å². The van der Waals surface area contributed by atoms with Crippen LogP contribution in [-0.2, 0) is 9.53 Å². The van der Waals surface area contributed by atoms with Crippen molar-refractivity contribution in [3.63, 3.8) is 0 Å². The number of rotatable bonds is 1. The zero-order valence-electron chi connectivity index (χ0n) is 9.80. The number of carbonyl (C=O) groups excluding carboxylic acids is 1. The fourth-order valence-corrected chi connectivity index (χ4v) is 3.11. The zero-order chi connectivity index (χ0) is 10.8. The molecule has 2 aliphatic rings. The third kappa shape index (κ3) is 1.67. The summed E-state index contributed by atoms with van der Waals surface area (Å²) in [5.41, 5.74) is 1.37. The molecule has 2 heteroatoms. The van der Waals surface area contributed by atoms with E-state index in [0.717, 1.165) is 5.92 Å². The first-order valence-corrected chi connectivity index (χ1v) is 5.44. The van der Waals surface area contributed by atoms with Crippen LogP contribution in [0.2, 0.25) is 0 Å². The van der Waals surface area contributed by atoms with Gasteiger partial charge in [0.1, 0.15) is 0 Å². The van der Waals surface area contributed by atoms with E-state index in [9.17, 15) is 0 Å². The average Bonchev–Trinajstić information content (AvgIpc) is 2.51. The highest BCUT2D eigenvalue weighted by atomic mass is 16.5. The molecule has 0 aromatic heterocycles. The molecular weight excluding hydrogens is 176 g/mol. The molecule has 0 unspecified atom stereocenters. The summed E-state index contributed by atoms with van der Waals surface area (Å²) < 4.78 is 3.86. The maximum Gasteiger partial charge on any atom is 0.292 e. The van der Waals surface area contributed by atoms with Gasteiger partial charge in [-0.1, -0.05) is 20.8 Å².